The summed E-state index contributed by atoms with van der Waals surface area (Å²) in [6.07, 6.45) is 2.00. The number of amides is 2. The first kappa shape index (κ1) is 15.5. The molecule has 21 heavy (non-hydrogen) atoms. The van der Waals surface area contributed by atoms with Crippen molar-refractivity contribution < 1.29 is 9.53 Å². The first-order valence-corrected chi connectivity index (χ1v) is 7.78. The highest BCUT2D eigenvalue weighted by molar-refractivity contribution is 7.98. The molecule has 0 heterocycles. The van der Waals surface area contributed by atoms with Gasteiger partial charge in [-0.25, -0.2) is 4.79 Å². The fourth-order valence-corrected chi connectivity index (χ4v) is 2.31. The van der Waals surface area contributed by atoms with Crippen molar-refractivity contribution in [3.63, 3.8) is 0 Å². The molecule has 0 aliphatic heterocycles. The van der Waals surface area contributed by atoms with Crippen LogP contribution in [0.5, 0.6) is 5.75 Å². The average molecular weight is 323 g/mol. The lowest BCUT2D eigenvalue weighted by molar-refractivity contribution is 0.262. The van der Waals surface area contributed by atoms with Crippen LogP contribution in [0.15, 0.2) is 47.4 Å². The fourth-order valence-electron chi connectivity index (χ4n) is 1.68. The van der Waals surface area contributed by atoms with Crippen LogP contribution in [-0.4, -0.2) is 19.4 Å². The van der Waals surface area contributed by atoms with Crippen LogP contribution < -0.4 is 15.4 Å². The standard InChI is InChI=1S/C15H15ClN2O2S/c1-20-11-5-8-14(13(16)9-11)18-15(19)17-10-3-6-12(21-2)7-4-10/h3-9H,1-2H3,(H2,17,18,19). The summed E-state index contributed by atoms with van der Waals surface area (Å²) in [7, 11) is 1.56. The zero-order chi connectivity index (χ0) is 15.2. The lowest BCUT2D eigenvalue weighted by Gasteiger charge is -2.10. The molecule has 0 saturated heterocycles. The van der Waals surface area contributed by atoms with Crippen molar-refractivity contribution in [2.24, 2.45) is 0 Å². The van der Waals surface area contributed by atoms with E-state index in [1.165, 1.54) is 0 Å². The maximum absolute atomic E-state index is 11.9. The molecule has 0 fully saturated rings. The zero-order valence-electron chi connectivity index (χ0n) is 11.6. The lowest BCUT2D eigenvalue weighted by Crippen LogP contribution is -2.19. The maximum atomic E-state index is 11.9. The number of hydrogen-bond donors (Lipinski definition) is 2. The molecule has 0 unspecified atom stereocenters. The van der Waals surface area contributed by atoms with Crippen molar-refractivity contribution in [2.45, 2.75) is 4.90 Å². The quantitative estimate of drug-likeness (QED) is 0.801. The van der Waals surface area contributed by atoms with Gasteiger partial charge in [0.05, 0.1) is 17.8 Å². The molecule has 0 spiro atoms. The number of rotatable bonds is 4. The third kappa shape index (κ3) is 4.31. The van der Waals surface area contributed by atoms with E-state index in [1.54, 1.807) is 37.1 Å². The molecular weight excluding hydrogens is 308 g/mol. The summed E-state index contributed by atoms with van der Waals surface area (Å²) < 4.78 is 5.06. The SMILES string of the molecule is COc1ccc(NC(=O)Nc2ccc(SC)cc2)c(Cl)c1. The molecule has 0 atom stereocenters. The number of anilines is 2. The minimum atomic E-state index is -0.348. The van der Waals surface area contributed by atoms with Crippen LogP contribution in [0.2, 0.25) is 5.02 Å². The van der Waals surface area contributed by atoms with Crippen LogP contribution in [0.1, 0.15) is 0 Å². The van der Waals surface area contributed by atoms with Crippen LogP contribution in [-0.2, 0) is 0 Å². The Bertz CT molecular complexity index is 632. The Hall–Kier alpha value is -1.85. The molecule has 0 aliphatic carbocycles. The molecule has 6 heteroatoms. The minimum Gasteiger partial charge on any atom is -0.497 e. The molecule has 0 bridgehead atoms. The molecule has 2 amide bonds. The number of thioether (sulfide) groups is 1. The van der Waals surface area contributed by atoms with Crippen LogP contribution in [0.3, 0.4) is 0 Å². The van der Waals surface area contributed by atoms with E-state index in [2.05, 4.69) is 10.6 Å². The second-order valence-corrected chi connectivity index (χ2v) is 5.44. The fraction of sp³-hybridized carbons (Fsp3) is 0.133. The summed E-state index contributed by atoms with van der Waals surface area (Å²) in [5.74, 6) is 0.638. The number of ether oxygens (including phenoxy) is 1. The molecule has 0 saturated carbocycles. The Labute approximate surface area is 132 Å². The Morgan fingerprint density at radius 1 is 1.14 bits per heavy atom. The van der Waals surface area contributed by atoms with E-state index in [0.717, 1.165) is 10.6 Å². The topological polar surface area (TPSA) is 50.4 Å². The smallest absolute Gasteiger partial charge is 0.323 e. The largest absolute Gasteiger partial charge is 0.497 e. The first-order valence-electron chi connectivity index (χ1n) is 6.18. The predicted octanol–water partition coefficient (Wildman–Crippen LogP) is 4.71. The molecule has 2 aromatic carbocycles. The van der Waals surface area contributed by atoms with Gasteiger partial charge in [-0.05, 0) is 42.7 Å². The number of methoxy groups -OCH3 is 1. The number of carbonyl (C=O) groups excluding carboxylic acids is 1. The summed E-state index contributed by atoms with van der Waals surface area (Å²) in [5, 5.41) is 5.86. The Morgan fingerprint density at radius 3 is 2.43 bits per heavy atom. The van der Waals surface area contributed by atoms with Crippen molar-refractivity contribution in [1.82, 2.24) is 0 Å². The van der Waals surface area contributed by atoms with Crippen molar-refractivity contribution in [2.75, 3.05) is 24.0 Å². The van der Waals surface area contributed by atoms with Gasteiger partial charge in [-0.1, -0.05) is 11.6 Å². The Kier molecular flexibility index (Phi) is 5.36. The second kappa shape index (κ2) is 7.24. The summed E-state index contributed by atoms with van der Waals surface area (Å²) in [6.45, 7) is 0. The Balaban J connectivity index is 2.00. The van der Waals surface area contributed by atoms with Gasteiger partial charge in [0.2, 0.25) is 0 Å². The van der Waals surface area contributed by atoms with Gasteiger partial charge < -0.3 is 15.4 Å². The highest BCUT2D eigenvalue weighted by Gasteiger charge is 2.07. The van der Waals surface area contributed by atoms with Gasteiger partial charge in [0.15, 0.2) is 0 Å². The zero-order valence-corrected chi connectivity index (χ0v) is 13.2. The molecule has 0 radical (unpaired) electrons. The van der Waals surface area contributed by atoms with Gasteiger partial charge >= 0.3 is 6.03 Å². The van der Waals surface area contributed by atoms with E-state index in [4.69, 9.17) is 16.3 Å². The van der Waals surface area contributed by atoms with E-state index in [0.29, 0.717) is 16.5 Å². The van der Waals surface area contributed by atoms with Gasteiger partial charge in [-0.15, -0.1) is 11.8 Å². The van der Waals surface area contributed by atoms with E-state index in [9.17, 15) is 4.79 Å². The molecule has 2 N–H and O–H groups in total. The molecular formula is C15H15ClN2O2S. The highest BCUT2D eigenvalue weighted by atomic mass is 35.5. The van der Waals surface area contributed by atoms with Crippen LogP contribution in [0.4, 0.5) is 16.2 Å². The predicted molar refractivity (Wildman–Crippen MR) is 88.9 cm³/mol. The van der Waals surface area contributed by atoms with E-state index < -0.39 is 0 Å². The van der Waals surface area contributed by atoms with Crippen LogP contribution >= 0.6 is 23.4 Å². The monoisotopic (exact) mass is 322 g/mol. The molecule has 2 rings (SSSR count). The minimum absolute atomic E-state index is 0.348. The van der Waals surface area contributed by atoms with E-state index >= 15 is 0 Å². The van der Waals surface area contributed by atoms with Gasteiger partial charge in [0.1, 0.15) is 5.75 Å². The third-order valence-corrected chi connectivity index (χ3v) is 3.83. The number of carbonyl (C=O) groups is 1. The average Bonchev–Trinajstić information content (AvgIpc) is 2.50. The van der Waals surface area contributed by atoms with Gasteiger partial charge in [-0.2, -0.15) is 0 Å². The summed E-state index contributed by atoms with van der Waals surface area (Å²) in [5.41, 5.74) is 1.24. The second-order valence-electron chi connectivity index (χ2n) is 4.15. The Morgan fingerprint density at radius 2 is 1.86 bits per heavy atom. The number of halogens is 1. The number of urea groups is 1. The lowest BCUT2D eigenvalue weighted by atomic mass is 10.3. The third-order valence-electron chi connectivity index (χ3n) is 2.77. The highest BCUT2D eigenvalue weighted by Crippen LogP contribution is 2.26. The van der Waals surface area contributed by atoms with Crippen molar-refractivity contribution >= 4 is 40.8 Å². The van der Waals surface area contributed by atoms with Crippen molar-refractivity contribution in [3.05, 3.63) is 47.5 Å². The first-order chi connectivity index (χ1) is 10.1. The van der Waals surface area contributed by atoms with Crippen molar-refractivity contribution in [3.8, 4) is 5.75 Å². The summed E-state index contributed by atoms with van der Waals surface area (Å²) in [6, 6.07) is 12.3. The normalized spacial score (nSPS) is 10.0. The molecule has 110 valence electrons. The van der Waals surface area contributed by atoms with Gasteiger partial charge in [0.25, 0.3) is 0 Å². The molecule has 4 nitrogen and oxygen atoms in total. The summed E-state index contributed by atoms with van der Waals surface area (Å²) >= 11 is 7.72. The van der Waals surface area contributed by atoms with Crippen LogP contribution in [0, 0.1) is 0 Å². The maximum Gasteiger partial charge on any atom is 0.323 e. The van der Waals surface area contributed by atoms with E-state index in [1.807, 2.05) is 30.5 Å². The number of benzene rings is 2. The molecule has 0 aromatic heterocycles. The van der Waals surface area contributed by atoms with Crippen LogP contribution in [0.25, 0.3) is 0 Å². The van der Waals surface area contributed by atoms with Crippen molar-refractivity contribution in [1.29, 1.82) is 0 Å². The number of hydrogen-bond acceptors (Lipinski definition) is 3. The summed E-state index contributed by atoms with van der Waals surface area (Å²) in [4.78, 5) is 13.1. The van der Waals surface area contributed by atoms with Gasteiger partial charge in [0, 0.05) is 16.6 Å². The molecule has 0 aliphatic rings. The number of nitrogens with one attached hydrogen (secondary N) is 2. The molecule has 2 aromatic rings. The van der Waals surface area contributed by atoms with Gasteiger partial charge in [-0.3, -0.25) is 0 Å². The van der Waals surface area contributed by atoms with E-state index in [-0.39, 0.29) is 6.03 Å².